The van der Waals surface area contributed by atoms with Gasteiger partial charge in [-0.25, -0.2) is 4.79 Å². The molecular weight excluding hydrogens is 498 g/mol. The number of hydrogen-bond acceptors (Lipinski definition) is 8. The number of rotatable bonds is 16. The van der Waals surface area contributed by atoms with Gasteiger partial charge in [-0.1, -0.05) is 18.2 Å². The third-order valence-electron chi connectivity index (χ3n) is 5.87. The molecule has 0 saturated heterocycles. The largest absolute Gasteiger partial charge is 0.480 e. The third kappa shape index (κ3) is 8.83. The van der Waals surface area contributed by atoms with Crippen LogP contribution in [0.5, 0.6) is 0 Å². The number of nitrogens with two attached hydrogens (primary N) is 3. The zero-order valence-electron chi connectivity index (χ0n) is 20.8. The Morgan fingerprint density at radius 2 is 1.55 bits per heavy atom. The molecule has 0 radical (unpaired) electrons. The molecule has 1 aromatic heterocycles. The standard InChI is InChI=1S/C24H35N7O7/c25-8-4-3-7-17(22(35)30-18(10-20(27)33)23(36)31-19(12-32)24(37)38)29-21(34)15(26)9-13-11-28-16-6-2-1-5-14(13)16/h1-2,5-6,11,15,17-19,28,32H,3-4,7-10,12,25-26H2,(H2,27,33)(H,29,34)(H,30,35)(H,31,36)(H,37,38). The molecule has 38 heavy (non-hydrogen) atoms. The van der Waals surface area contributed by atoms with Gasteiger partial charge in [-0.15, -0.1) is 0 Å². The Kier molecular flexibility index (Phi) is 11.7. The zero-order valence-corrected chi connectivity index (χ0v) is 20.8. The molecule has 0 saturated carbocycles. The molecule has 1 heterocycles. The van der Waals surface area contributed by atoms with E-state index >= 15 is 0 Å². The number of carbonyl (C=O) groups excluding carboxylic acids is 4. The van der Waals surface area contributed by atoms with Crippen molar-refractivity contribution in [3.8, 4) is 0 Å². The number of carboxylic acid groups (broad SMARTS) is 1. The number of primary amides is 1. The molecule has 4 amide bonds. The highest BCUT2D eigenvalue weighted by Gasteiger charge is 2.31. The SMILES string of the molecule is NCCCCC(NC(=O)C(N)Cc1c[nH]c2ccccc12)C(=O)NC(CC(N)=O)C(=O)NC(CO)C(=O)O. The van der Waals surface area contributed by atoms with Crippen molar-refractivity contribution in [3.05, 3.63) is 36.0 Å². The summed E-state index contributed by atoms with van der Waals surface area (Å²) in [6.45, 7) is -0.558. The number of aromatic nitrogens is 1. The number of fused-ring (bicyclic) bond motifs is 1. The van der Waals surface area contributed by atoms with E-state index in [1.807, 2.05) is 29.6 Å². The van der Waals surface area contributed by atoms with Gasteiger partial charge < -0.3 is 48.3 Å². The lowest BCUT2D eigenvalue weighted by atomic mass is 10.0. The molecule has 1 aromatic carbocycles. The quantitative estimate of drug-likeness (QED) is 0.104. The van der Waals surface area contributed by atoms with Crippen molar-refractivity contribution in [1.82, 2.24) is 20.9 Å². The first kappa shape index (κ1) is 30.2. The number of benzene rings is 1. The summed E-state index contributed by atoms with van der Waals surface area (Å²) >= 11 is 0. The smallest absolute Gasteiger partial charge is 0.328 e. The van der Waals surface area contributed by atoms with Crippen LogP contribution in [0, 0.1) is 0 Å². The number of carbonyl (C=O) groups is 5. The maximum atomic E-state index is 13.1. The molecule has 12 N–H and O–H groups in total. The average molecular weight is 534 g/mol. The summed E-state index contributed by atoms with van der Waals surface area (Å²) < 4.78 is 0. The number of aliphatic hydroxyl groups excluding tert-OH is 1. The van der Waals surface area contributed by atoms with Crippen LogP contribution in [-0.2, 0) is 30.4 Å². The van der Waals surface area contributed by atoms with Crippen molar-refractivity contribution in [3.63, 3.8) is 0 Å². The number of unbranched alkanes of at least 4 members (excludes halogenated alkanes) is 1. The minimum Gasteiger partial charge on any atom is -0.480 e. The number of hydrogen-bond donors (Lipinski definition) is 9. The van der Waals surface area contributed by atoms with Gasteiger partial charge in [-0.3, -0.25) is 19.2 Å². The third-order valence-corrected chi connectivity index (χ3v) is 5.87. The van der Waals surface area contributed by atoms with Crippen molar-refractivity contribution in [2.45, 2.75) is 56.3 Å². The Hall–Kier alpha value is -4.01. The minimum atomic E-state index is -1.66. The van der Waals surface area contributed by atoms with Gasteiger partial charge in [-0.2, -0.15) is 0 Å². The molecule has 2 rings (SSSR count). The normalized spacial score (nSPS) is 14.2. The molecule has 4 unspecified atom stereocenters. The first-order valence-corrected chi connectivity index (χ1v) is 12.1. The molecule has 0 spiro atoms. The molecule has 0 aliphatic rings. The van der Waals surface area contributed by atoms with E-state index in [0.717, 1.165) is 16.5 Å². The van der Waals surface area contributed by atoms with Crippen molar-refractivity contribution < 1.29 is 34.2 Å². The van der Waals surface area contributed by atoms with Crippen LogP contribution in [0.15, 0.2) is 30.5 Å². The fourth-order valence-corrected chi connectivity index (χ4v) is 3.81. The second kappa shape index (κ2) is 14.7. The van der Waals surface area contributed by atoms with Crippen LogP contribution in [0.25, 0.3) is 10.9 Å². The fraction of sp³-hybridized carbons (Fsp3) is 0.458. The van der Waals surface area contributed by atoms with Gasteiger partial charge in [0.05, 0.1) is 19.1 Å². The fourth-order valence-electron chi connectivity index (χ4n) is 3.81. The summed E-state index contributed by atoms with van der Waals surface area (Å²) in [7, 11) is 0. The minimum absolute atomic E-state index is 0.161. The lowest BCUT2D eigenvalue weighted by Gasteiger charge is -2.24. The molecule has 0 bridgehead atoms. The van der Waals surface area contributed by atoms with Gasteiger partial charge in [0.25, 0.3) is 0 Å². The van der Waals surface area contributed by atoms with Gasteiger partial charge >= 0.3 is 5.97 Å². The molecule has 14 heteroatoms. The number of aliphatic hydroxyl groups is 1. The Labute approximate surface area is 218 Å². The Morgan fingerprint density at radius 3 is 2.18 bits per heavy atom. The lowest BCUT2D eigenvalue weighted by molar-refractivity contribution is -0.143. The number of H-pyrrole nitrogens is 1. The summed E-state index contributed by atoms with van der Waals surface area (Å²) in [6.07, 6.45) is 2.49. The van der Waals surface area contributed by atoms with Crippen LogP contribution in [-0.4, -0.2) is 82.1 Å². The molecule has 0 fully saturated rings. The molecule has 14 nitrogen and oxygen atoms in total. The summed E-state index contributed by atoms with van der Waals surface area (Å²) in [5, 5.41) is 26.1. The predicted molar refractivity (Wildman–Crippen MR) is 137 cm³/mol. The molecule has 208 valence electrons. The molecule has 2 aromatic rings. The van der Waals surface area contributed by atoms with Crippen molar-refractivity contribution in [2.24, 2.45) is 17.2 Å². The van der Waals surface area contributed by atoms with E-state index in [1.54, 1.807) is 6.20 Å². The van der Waals surface area contributed by atoms with Crippen LogP contribution in [0.2, 0.25) is 0 Å². The van der Waals surface area contributed by atoms with Crippen molar-refractivity contribution >= 4 is 40.5 Å². The second-order valence-corrected chi connectivity index (χ2v) is 8.83. The van der Waals surface area contributed by atoms with E-state index in [9.17, 15) is 24.0 Å². The summed E-state index contributed by atoms with van der Waals surface area (Å²) in [4.78, 5) is 64.3. The van der Waals surface area contributed by atoms with Gasteiger partial charge in [0.15, 0.2) is 0 Å². The van der Waals surface area contributed by atoms with Crippen LogP contribution in [0.1, 0.15) is 31.2 Å². The van der Waals surface area contributed by atoms with Crippen LogP contribution in [0.4, 0.5) is 0 Å². The maximum absolute atomic E-state index is 13.1. The molecule has 0 aliphatic heterocycles. The first-order valence-electron chi connectivity index (χ1n) is 12.1. The Balaban J connectivity index is 2.13. The van der Waals surface area contributed by atoms with E-state index in [1.165, 1.54) is 0 Å². The van der Waals surface area contributed by atoms with Gasteiger partial charge in [0.1, 0.15) is 18.1 Å². The average Bonchev–Trinajstić information content (AvgIpc) is 3.28. The van der Waals surface area contributed by atoms with Gasteiger partial charge in [-0.05, 0) is 43.9 Å². The van der Waals surface area contributed by atoms with Crippen molar-refractivity contribution in [2.75, 3.05) is 13.2 Å². The van der Waals surface area contributed by atoms with Gasteiger partial charge in [0.2, 0.25) is 23.6 Å². The lowest BCUT2D eigenvalue weighted by Crippen LogP contribution is -2.58. The summed E-state index contributed by atoms with van der Waals surface area (Å²) in [5.74, 6) is -4.90. The number of aromatic amines is 1. The van der Waals surface area contributed by atoms with Gasteiger partial charge in [0, 0.05) is 17.1 Å². The number of carboxylic acids is 1. The Bertz CT molecular complexity index is 1140. The van der Waals surface area contributed by atoms with E-state index in [4.69, 9.17) is 27.4 Å². The summed E-state index contributed by atoms with van der Waals surface area (Å²) in [6, 6.07) is 2.20. The highest BCUT2D eigenvalue weighted by molar-refractivity contribution is 5.96. The molecular formula is C24H35N7O7. The second-order valence-electron chi connectivity index (χ2n) is 8.83. The molecule has 0 aliphatic carbocycles. The number of aliphatic carboxylic acids is 1. The van der Waals surface area contributed by atoms with Crippen LogP contribution in [0.3, 0.4) is 0 Å². The highest BCUT2D eigenvalue weighted by atomic mass is 16.4. The number of para-hydroxylation sites is 1. The molecule has 4 atom stereocenters. The number of nitrogens with one attached hydrogen (secondary N) is 4. The Morgan fingerprint density at radius 1 is 0.921 bits per heavy atom. The van der Waals surface area contributed by atoms with E-state index < -0.39 is 66.8 Å². The van der Waals surface area contributed by atoms with Crippen molar-refractivity contribution in [1.29, 1.82) is 0 Å². The highest BCUT2D eigenvalue weighted by Crippen LogP contribution is 2.19. The predicted octanol–water partition coefficient (Wildman–Crippen LogP) is -2.43. The maximum Gasteiger partial charge on any atom is 0.328 e. The van der Waals surface area contributed by atoms with E-state index in [0.29, 0.717) is 19.4 Å². The van der Waals surface area contributed by atoms with Crippen LogP contribution < -0.4 is 33.2 Å². The number of amides is 4. The zero-order chi connectivity index (χ0) is 28.2. The van der Waals surface area contributed by atoms with Crippen LogP contribution >= 0.6 is 0 Å². The monoisotopic (exact) mass is 533 g/mol. The summed E-state index contributed by atoms with van der Waals surface area (Å²) in [5.41, 5.74) is 18.6. The van der Waals surface area contributed by atoms with E-state index in [-0.39, 0.29) is 12.8 Å². The first-order chi connectivity index (χ1) is 18.1. The van der Waals surface area contributed by atoms with E-state index in [2.05, 4.69) is 15.6 Å². The topological polar surface area (TPSA) is 256 Å².